The van der Waals surface area contributed by atoms with E-state index in [-0.39, 0.29) is 48.2 Å². The third-order valence-electron chi connectivity index (χ3n) is 10.5. The zero-order chi connectivity index (χ0) is 37.0. The normalized spacial score (nSPS) is 25.5. The number of alkyl halides is 1. The van der Waals surface area contributed by atoms with Crippen LogP contribution in [0.3, 0.4) is 0 Å². The number of aliphatic hydroxyl groups is 1. The Bertz CT molecular complexity index is 1560. The third kappa shape index (κ3) is 7.09. The lowest BCUT2D eigenvalue weighted by Crippen LogP contribution is -2.59. The van der Waals surface area contributed by atoms with Gasteiger partial charge in [0, 0.05) is 48.1 Å². The van der Waals surface area contributed by atoms with Gasteiger partial charge >= 0.3 is 0 Å². The van der Waals surface area contributed by atoms with Crippen molar-refractivity contribution in [1.29, 1.82) is 0 Å². The summed E-state index contributed by atoms with van der Waals surface area (Å²) in [5, 5.41) is 10.8. The van der Waals surface area contributed by atoms with E-state index in [1.807, 2.05) is 69.3 Å². The van der Waals surface area contributed by atoms with Crippen molar-refractivity contribution in [2.45, 2.75) is 76.1 Å². The number of carbonyl (C=O) groups excluding carboxylic acids is 3. The highest BCUT2D eigenvalue weighted by atomic mass is 79.9. The number of aliphatic hydroxyl groups excluding tert-OH is 1. The molecule has 3 aliphatic heterocycles. The number of amides is 3. The molecule has 51 heavy (non-hydrogen) atoms. The van der Waals surface area contributed by atoms with Crippen LogP contribution in [0.1, 0.15) is 47.5 Å². The van der Waals surface area contributed by atoms with Gasteiger partial charge in [-0.05, 0) is 88.1 Å². The van der Waals surface area contributed by atoms with E-state index in [0.29, 0.717) is 36.6 Å². The van der Waals surface area contributed by atoms with Crippen LogP contribution >= 0.6 is 15.9 Å². The number of halogens is 1. The summed E-state index contributed by atoms with van der Waals surface area (Å²) < 4.78 is 12.5. The molecule has 3 heterocycles. The van der Waals surface area contributed by atoms with E-state index in [0.717, 1.165) is 18.8 Å². The van der Waals surface area contributed by atoms with Crippen LogP contribution in [0.15, 0.2) is 73.8 Å². The lowest BCUT2D eigenvalue weighted by Gasteiger charge is -2.40. The highest BCUT2D eigenvalue weighted by molar-refractivity contribution is 9.09. The van der Waals surface area contributed by atoms with Gasteiger partial charge in [-0.1, -0.05) is 41.9 Å². The van der Waals surface area contributed by atoms with Crippen LogP contribution in [0.25, 0.3) is 0 Å². The maximum absolute atomic E-state index is 15.2. The Labute approximate surface area is 311 Å². The fourth-order valence-corrected chi connectivity index (χ4v) is 9.34. The number of likely N-dealkylation sites (tertiary alicyclic amines) is 1. The first kappa shape index (κ1) is 38.6. The largest absolute Gasteiger partial charge is 0.494 e. The maximum Gasteiger partial charge on any atom is 0.253 e. The molecule has 1 spiro atoms. The highest BCUT2D eigenvalue weighted by Crippen LogP contribution is 2.61. The summed E-state index contributed by atoms with van der Waals surface area (Å²) in [6.07, 6.45) is 3.52. The Morgan fingerprint density at radius 1 is 0.980 bits per heavy atom. The molecule has 11 heteroatoms. The van der Waals surface area contributed by atoms with Crippen molar-refractivity contribution in [3.63, 3.8) is 0 Å². The summed E-state index contributed by atoms with van der Waals surface area (Å²) in [6.45, 7) is 20.3. The fourth-order valence-electron chi connectivity index (χ4n) is 8.39. The number of fused-ring (bicyclic) bond motifs is 1. The van der Waals surface area contributed by atoms with Gasteiger partial charge in [-0.15, -0.1) is 13.2 Å². The lowest BCUT2D eigenvalue weighted by atomic mass is 9.70. The lowest BCUT2D eigenvalue weighted by molar-refractivity contribution is -0.144. The minimum absolute atomic E-state index is 0.127. The number of benzene rings is 2. The van der Waals surface area contributed by atoms with Gasteiger partial charge in [0.05, 0.1) is 37.2 Å². The van der Waals surface area contributed by atoms with Gasteiger partial charge in [0.2, 0.25) is 11.8 Å². The van der Waals surface area contributed by atoms with Gasteiger partial charge in [0.1, 0.15) is 17.4 Å². The number of hydrogen-bond donors (Lipinski definition) is 1. The second-order valence-corrected chi connectivity index (χ2v) is 15.1. The van der Waals surface area contributed by atoms with Crippen LogP contribution in [-0.2, 0) is 19.1 Å². The Morgan fingerprint density at radius 3 is 2.04 bits per heavy atom. The topological polar surface area (TPSA) is 103 Å². The molecule has 3 amide bonds. The summed E-state index contributed by atoms with van der Waals surface area (Å²) >= 11 is 3.81. The van der Waals surface area contributed by atoms with Gasteiger partial charge < -0.3 is 34.2 Å². The van der Waals surface area contributed by atoms with Crippen molar-refractivity contribution in [3.8, 4) is 5.75 Å². The zero-order valence-electron chi connectivity index (χ0n) is 30.5. The molecule has 0 saturated carbocycles. The molecule has 276 valence electrons. The van der Waals surface area contributed by atoms with Crippen molar-refractivity contribution in [2.24, 2.45) is 17.8 Å². The van der Waals surface area contributed by atoms with Crippen molar-refractivity contribution in [3.05, 3.63) is 73.8 Å². The standard InChI is InChI=1S/C40H53BrN4O6/c1-8-21-43(29-17-19-31(20-18-29)50-12-5)37(47)33-34-38(48)45(30(25-46)23-26(6)7)36(40(34)24-32(41)35(33)51-40)39(49)44(22-9-2)28-15-13-27(14-16-28)42(10-3)11-4/h8-9,13-20,26,30,32-36,46H,1-2,10-12,21-25H2,3-7H3/t30-,32?,33+,34+,35+,36?,40?/m1/s1. The van der Waals surface area contributed by atoms with Crippen molar-refractivity contribution in [2.75, 3.05) is 54.1 Å². The second kappa shape index (κ2) is 16.3. The molecule has 1 N–H and O–H groups in total. The highest BCUT2D eigenvalue weighted by Gasteiger charge is 2.77. The summed E-state index contributed by atoms with van der Waals surface area (Å²) in [6, 6.07) is 13.4. The van der Waals surface area contributed by atoms with E-state index in [1.54, 1.807) is 26.9 Å². The Hall–Kier alpha value is -3.67. The third-order valence-corrected chi connectivity index (χ3v) is 11.3. The fraction of sp³-hybridized carbons (Fsp3) is 0.525. The average molecular weight is 766 g/mol. The van der Waals surface area contributed by atoms with E-state index < -0.39 is 35.6 Å². The van der Waals surface area contributed by atoms with E-state index in [4.69, 9.17) is 9.47 Å². The molecule has 3 aliphatic rings. The Morgan fingerprint density at radius 2 is 1.53 bits per heavy atom. The number of hydrogen-bond acceptors (Lipinski definition) is 7. The van der Waals surface area contributed by atoms with Gasteiger partial charge in [-0.3, -0.25) is 14.4 Å². The SMILES string of the molecule is C=CCN(C(=O)C1N([C@@H](CO)CC(C)C)C(=O)[C@@H]2[C@H](C(=O)N(CC=C)c3ccc(OCC)cc3)[C@H]3OC12CC3Br)c1ccc(N(CC)CC)cc1. The van der Waals surface area contributed by atoms with Gasteiger partial charge in [-0.2, -0.15) is 0 Å². The van der Waals surface area contributed by atoms with Crippen LogP contribution in [-0.4, -0.2) is 95.7 Å². The minimum atomic E-state index is -1.29. The number of anilines is 3. The predicted octanol–water partition coefficient (Wildman–Crippen LogP) is 5.82. The first-order chi connectivity index (χ1) is 24.5. The van der Waals surface area contributed by atoms with Crippen LogP contribution < -0.4 is 19.4 Å². The zero-order valence-corrected chi connectivity index (χ0v) is 32.1. The first-order valence-electron chi connectivity index (χ1n) is 18.2. The molecule has 2 aromatic rings. The Kier molecular flexibility index (Phi) is 12.4. The van der Waals surface area contributed by atoms with E-state index in [1.165, 1.54) is 0 Å². The van der Waals surface area contributed by atoms with Gasteiger partial charge in [0.15, 0.2) is 0 Å². The molecule has 0 aliphatic carbocycles. The summed E-state index contributed by atoms with van der Waals surface area (Å²) in [5.74, 6) is -1.93. The number of carbonyl (C=O) groups is 3. The molecule has 3 fully saturated rings. The quantitative estimate of drug-likeness (QED) is 0.160. The molecule has 0 aromatic heterocycles. The van der Waals surface area contributed by atoms with Crippen LogP contribution in [0.4, 0.5) is 17.1 Å². The molecule has 5 rings (SSSR count). The molecular weight excluding hydrogens is 712 g/mol. The summed E-state index contributed by atoms with van der Waals surface area (Å²) in [5.41, 5.74) is 1.05. The molecule has 3 unspecified atom stereocenters. The molecule has 10 nitrogen and oxygen atoms in total. The van der Waals surface area contributed by atoms with Crippen molar-refractivity contribution >= 4 is 50.7 Å². The number of nitrogens with zero attached hydrogens (tertiary/aromatic N) is 4. The van der Waals surface area contributed by atoms with Crippen molar-refractivity contribution in [1.82, 2.24) is 4.90 Å². The first-order valence-corrected chi connectivity index (χ1v) is 19.1. The molecule has 2 bridgehead atoms. The minimum Gasteiger partial charge on any atom is -0.494 e. The molecule has 2 aromatic carbocycles. The Balaban J connectivity index is 1.59. The van der Waals surface area contributed by atoms with Gasteiger partial charge in [-0.25, -0.2) is 0 Å². The second-order valence-electron chi connectivity index (χ2n) is 14.0. The average Bonchev–Trinajstić information content (AvgIpc) is 3.72. The van der Waals surface area contributed by atoms with Crippen LogP contribution in [0.2, 0.25) is 0 Å². The van der Waals surface area contributed by atoms with E-state index in [2.05, 4.69) is 47.8 Å². The van der Waals surface area contributed by atoms with E-state index in [9.17, 15) is 14.7 Å². The maximum atomic E-state index is 15.2. The number of rotatable bonds is 17. The van der Waals surface area contributed by atoms with Gasteiger partial charge in [0.25, 0.3) is 5.91 Å². The van der Waals surface area contributed by atoms with Crippen LogP contribution in [0.5, 0.6) is 5.75 Å². The smallest absolute Gasteiger partial charge is 0.253 e. The number of ether oxygens (including phenoxy) is 2. The predicted molar refractivity (Wildman–Crippen MR) is 206 cm³/mol. The monoisotopic (exact) mass is 764 g/mol. The molecular formula is C40H53BrN4O6. The van der Waals surface area contributed by atoms with Crippen LogP contribution in [0, 0.1) is 17.8 Å². The summed E-state index contributed by atoms with van der Waals surface area (Å²) in [4.78, 5) is 51.6. The van der Waals surface area contributed by atoms with E-state index >= 15 is 4.79 Å². The summed E-state index contributed by atoms with van der Waals surface area (Å²) in [7, 11) is 0. The molecule has 0 radical (unpaired) electrons. The molecule has 7 atom stereocenters. The van der Waals surface area contributed by atoms with Crippen molar-refractivity contribution < 1.29 is 29.0 Å². The molecule has 3 saturated heterocycles.